The number of aryl methyl sites for hydroxylation is 1. The molecule has 1 saturated heterocycles. The lowest BCUT2D eigenvalue weighted by Crippen LogP contribution is -2.49. The van der Waals surface area contributed by atoms with Crippen LogP contribution in [0.15, 0.2) is 48.5 Å². The van der Waals surface area contributed by atoms with E-state index in [-0.39, 0.29) is 5.91 Å². The predicted octanol–water partition coefficient (Wildman–Crippen LogP) is 3.82. The van der Waals surface area contributed by atoms with Crippen LogP contribution in [0.25, 0.3) is 0 Å². The minimum atomic E-state index is 0.155. The molecule has 0 bridgehead atoms. The summed E-state index contributed by atoms with van der Waals surface area (Å²) >= 11 is 1.78. The van der Waals surface area contributed by atoms with Crippen molar-refractivity contribution in [2.75, 3.05) is 37.3 Å². The maximum absolute atomic E-state index is 12.8. The van der Waals surface area contributed by atoms with Crippen LogP contribution in [-0.2, 0) is 5.75 Å². The third kappa shape index (κ3) is 3.75. The highest BCUT2D eigenvalue weighted by Crippen LogP contribution is 2.21. The molecule has 0 radical (unpaired) electrons. The van der Waals surface area contributed by atoms with Crippen molar-refractivity contribution in [1.29, 1.82) is 0 Å². The van der Waals surface area contributed by atoms with E-state index < -0.39 is 0 Å². The molecule has 1 aliphatic rings. The quantitative estimate of drug-likeness (QED) is 0.845. The number of anilines is 1. The second-order valence-electron chi connectivity index (χ2n) is 6.20. The highest BCUT2D eigenvalue weighted by molar-refractivity contribution is 7.97. The maximum Gasteiger partial charge on any atom is 0.253 e. The van der Waals surface area contributed by atoms with Crippen LogP contribution < -0.4 is 4.90 Å². The lowest BCUT2D eigenvalue weighted by atomic mass is 10.1. The molecule has 0 aromatic heterocycles. The molecule has 0 N–H and O–H groups in total. The Morgan fingerprint density at radius 2 is 1.79 bits per heavy atom. The van der Waals surface area contributed by atoms with E-state index in [0.29, 0.717) is 0 Å². The summed E-state index contributed by atoms with van der Waals surface area (Å²) in [7, 11) is 0. The van der Waals surface area contributed by atoms with E-state index in [4.69, 9.17) is 0 Å². The van der Waals surface area contributed by atoms with Gasteiger partial charge in [-0.2, -0.15) is 11.8 Å². The largest absolute Gasteiger partial charge is 0.368 e. The van der Waals surface area contributed by atoms with Gasteiger partial charge in [0.15, 0.2) is 0 Å². The Morgan fingerprint density at radius 1 is 1.04 bits per heavy atom. The first-order valence-electron chi connectivity index (χ1n) is 8.37. The molecule has 0 saturated carbocycles. The third-order valence-electron chi connectivity index (χ3n) is 4.51. The van der Waals surface area contributed by atoms with E-state index in [1.165, 1.54) is 16.8 Å². The van der Waals surface area contributed by atoms with Crippen LogP contribution in [0.2, 0.25) is 0 Å². The number of carbonyl (C=O) groups excluding carboxylic acids is 1. The Morgan fingerprint density at radius 3 is 2.50 bits per heavy atom. The molecule has 1 fully saturated rings. The van der Waals surface area contributed by atoms with E-state index >= 15 is 0 Å². The number of carbonyl (C=O) groups is 1. The van der Waals surface area contributed by atoms with E-state index in [1.807, 2.05) is 23.1 Å². The lowest BCUT2D eigenvalue weighted by molar-refractivity contribution is 0.0746. The van der Waals surface area contributed by atoms with Gasteiger partial charge in [0.25, 0.3) is 5.91 Å². The molecular weight excluding hydrogens is 316 g/mol. The highest BCUT2D eigenvalue weighted by atomic mass is 32.2. The lowest BCUT2D eigenvalue weighted by Gasteiger charge is -2.36. The Labute approximate surface area is 148 Å². The Balaban J connectivity index is 1.65. The van der Waals surface area contributed by atoms with Gasteiger partial charge in [-0.15, -0.1) is 0 Å². The maximum atomic E-state index is 12.8. The van der Waals surface area contributed by atoms with Gasteiger partial charge in [0.1, 0.15) is 0 Å². The van der Waals surface area contributed by atoms with Crippen molar-refractivity contribution >= 4 is 23.4 Å². The Bertz CT molecular complexity index is 708. The van der Waals surface area contributed by atoms with Crippen LogP contribution >= 0.6 is 11.8 Å². The number of para-hydroxylation sites is 1. The third-order valence-corrected chi connectivity index (χ3v) is 5.13. The van der Waals surface area contributed by atoms with Gasteiger partial charge in [-0.1, -0.05) is 30.3 Å². The predicted molar refractivity (Wildman–Crippen MR) is 103 cm³/mol. The molecule has 1 aliphatic heterocycles. The zero-order chi connectivity index (χ0) is 16.9. The molecule has 1 amide bonds. The molecule has 0 unspecified atom stereocenters. The smallest absolute Gasteiger partial charge is 0.253 e. The molecule has 126 valence electrons. The summed E-state index contributed by atoms with van der Waals surface area (Å²) in [6, 6.07) is 16.5. The first-order chi connectivity index (χ1) is 11.7. The molecule has 2 aromatic rings. The fraction of sp³-hybridized carbons (Fsp3) is 0.350. The van der Waals surface area contributed by atoms with Crippen molar-refractivity contribution in [2.24, 2.45) is 0 Å². The van der Waals surface area contributed by atoms with Gasteiger partial charge in [-0.3, -0.25) is 4.79 Å². The van der Waals surface area contributed by atoms with Crippen LogP contribution in [0.3, 0.4) is 0 Å². The fourth-order valence-electron chi connectivity index (χ4n) is 3.21. The number of hydrogen-bond acceptors (Lipinski definition) is 3. The Hall–Kier alpha value is -1.94. The summed E-state index contributed by atoms with van der Waals surface area (Å²) in [5.41, 5.74) is 4.60. The van der Waals surface area contributed by atoms with Crippen LogP contribution in [0, 0.1) is 6.92 Å². The van der Waals surface area contributed by atoms with Crippen LogP contribution in [0.4, 0.5) is 5.69 Å². The fourth-order valence-corrected chi connectivity index (χ4v) is 3.72. The number of piperazine rings is 1. The van der Waals surface area contributed by atoms with E-state index in [2.05, 4.69) is 48.4 Å². The van der Waals surface area contributed by atoms with E-state index in [1.54, 1.807) is 11.8 Å². The summed E-state index contributed by atoms with van der Waals surface area (Å²) in [5, 5.41) is 0. The first kappa shape index (κ1) is 16.9. The van der Waals surface area contributed by atoms with E-state index in [0.717, 1.165) is 37.5 Å². The number of rotatable bonds is 4. The average molecular weight is 340 g/mol. The van der Waals surface area contributed by atoms with Crippen molar-refractivity contribution in [2.45, 2.75) is 12.7 Å². The molecule has 3 nitrogen and oxygen atoms in total. The minimum absolute atomic E-state index is 0.155. The van der Waals surface area contributed by atoms with Gasteiger partial charge >= 0.3 is 0 Å². The number of hydrogen-bond donors (Lipinski definition) is 0. The molecule has 0 aliphatic carbocycles. The highest BCUT2D eigenvalue weighted by Gasteiger charge is 2.23. The van der Waals surface area contributed by atoms with Crippen LogP contribution in [-0.4, -0.2) is 43.2 Å². The second kappa shape index (κ2) is 7.75. The summed E-state index contributed by atoms with van der Waals surface area (Å²) < 4.78 is 0. The van der Waals surface area contributed by atoms with Gasteiger partial charge in [-0.05, 0) is 42.5 Å². The SMILES string of the molecule is CSCc1cccc(C(=O)N2CCN(c3ccccc3C)CC2)c1. The number of nitrogens with zero attached hydrogens (tertiary/aromatic N) is 2. The molecule has 2 aromatic carbocycles. The second-order valence-corrected chi connectivity index (χ2v) is 7.07. The van der Waals surface area contributed by atoms with Gasteiger partial charge in [0.2, 0.25) is 0 Å². The van der Waals surface area contributed by atoms with E-state index in [9.17, 15) is 4.79 Å². The molecule has 3 rings (SSSR count). The standard InChI is InChI=1S/C20H24N2OS/c1-16-6-3-4-9-19(16)21-10-12-22(13-11-21)20(23)18-8-5-7-17(14-18)15-24-2/h3-9,14H,10-13,15H2,1-2H3. The summed E-state index contributed by atoms with van der Waals surface area (Å²) in [6.45, 7) is 5.48. The topological polar surface area (TPSA) is 23.6 Å². The number of benzene rings is 2. The minimum Gasteiger partial charge on any atom is -0.368 e. The molecular formula is C20H24N2OS. The van der Waals surface area contributed by atoms with Crippen LogP contribution in [0.5, 0.6) is 0 Å². The summed E-state index contributed by atoms with van der Waals surface area (Å²) in [5.74, 6) is 1.10. The molecule has 0 spiro atoms. The first-order valence-corrected chi connectivity index (χ1v) is 9.76. The number of amides is 1. The van der Waals surface area contributed by atoms with Crippen molar-refractivity contribution in [1.82, 2.24) is 4.90 Å². The molecule has 4 heteroatoms. The Kier molecular flexibility index (Phi) is 5.46. The van der Waals surface area contributed by atoms with Gasteiger partial charge in [0, 0.05) is 43.2 Å². The molecule has 1 heterocycles. The molecule has 0 atom stereocenters. The zero-order valence-electron chi connectivity index (χ0n) is 14.4. The monoisotopic (exact) mass is 340 g/mol. The van der Waals surface area contributed by atoms with Crippen molar-refractivity contribution in [3.63, 3.8) is 0 Å². The van der Waals surface area contributed by atoms with Crippen LogP contribution in [0.1, 0.15) is 21.5 Å². The average Bonchev–Trinajstić information content (AvgIpc) is 2.62. The van der Waals surface area contributed by atoms with Crippen molar-refractivity contribution in [3.05, 3.63) is 65.2 Å². The summed E-state index contributed by atoms with van der Waals surface area (Å²) in [6.07, 6.45) is 2.08. The zero-order valence-corrected chi connectivity index (χ0v) is 15.2. The van der Waals surface area contributed by atoms with Gasteiger partial charge < -0.3 is 9.80 Å². The molecule has 24 heavy (non-hydrogen) atoms. The van der Waals surface area contributed by atoms with Gasteiger partial charge in [-0.25, -0.2) is 0 Å². The van der Waals surface area contributed by atoms with Crippen molar-refractivity contribution < 1.29 is 4.79 Å². The summed E-state index contributed by atoms with van der Waals surface area (Å²) in [4.78, 5) is 17.1. The normalized spacial score (nSPS) is 14.8. The number of thioether (sulfide) groups is 1. The van der Waals surface area contributed by atoms with Crippen molar-refractivity contribution in [3.8, 4) is 0 Å². The van der Waals surface area contributed by atoms with Gasteiger partial charge in [0.05, 0.1) is 0 Å².